The fraction of sp³-hybridized carbons (Fsp3) is 0.500. The second-order valence-corrected chi connectivity index (χ2v) is 8.59. The Kier molecular flexibility index (Phi) is 8.04. The van der Waals surface area contributed by atoms with Gasteiger partial charge in [0.25, 0.3) is 0 Å². The van der Waals surface area contributed by atoms with Gasteiger partial charge in [-0.2, -0.15) is 0 Å². The lowest BCUT2D eigenvalue weighted by atomic mass is 9.89. The molecule has 0 bridgehead atoms. The zero-order chi connectivity index (χ0) is 22.4. The van der Waals surface area contributed by atoms with Gasteiger partial charge in [0.2, 0.25) is 5.60 Å². The molecule has 4 N–H and O–H groups in total. The molecular weight excluding hydrogens is 384 g/mol. The highest BCUT2D eigenvalue weighted by atomic mass is 16.5. The van der Waals surface area contributed by atoms with Gasteiger partial charge in [-0.1, -0.05) is 30.4 Å². The van der Waals surface area contributed by atoms with E-state index in [0.717, 1.165) is 0 Å². The van der Waals surface area contributed by atoms with Gasteiger partial charge in [-0.15, -0.1) is 5.73 Å². The first kappa shape index (κ1) is 23.9. The van der Waals surface area contributed by atoms with E-state index < -0.39 is 29.4 Å². The van der Waals surface area contributed by atoms with Crippen molar-refractivity contribution in [3.8, 4) is 5.75 Å². The number of rotatable bonds is 9. The maximum Gasteiger partial charge on any atom is 0.348 e. The fourth-order valence-corrected chi connectivity index (χ4v) is 3.52. The maximum atomic E-state index is 11.7. The molecule has 2 rings (SSSR count). The number of aliphatic hydroxyl groups excluding tert-OH is 2. The molecule has 0 spiro atoms. The second kappa shape index (κ2) is 10.1. The smallest absolute Gasteiger partial charge is 0.348 e. The monoisotopic (exact) mass is 416 g/mol. The van der Waals surface area contributed by atoms with Crippen molar-refractivity contribution in [2.24, 2.45) is 11.8 Å². The summed E-state index contributed by atoms with van der Waals surface area (Å²) in [5.74, 6) is -1.07. The highest BCUT2D eigenvalue weighted by molar-refractivity contribution is 5.77. The summed E-state index contributed by atoms with van der Waals surface area (Å²) in [6, 6.07) is 8.78. The van der Waals surface area contributed by atoms with E-state index in [2.05, 4.69) is 5.73 Å². The summed E-state index contributed by atoms with van der Waals surface area (Å²) in [4.78, 5) is 11.7. The maximum absolute atomic E-state index is 11.7. The number of para-hydroxylation sites is 1. The minimum atomic E-state index is -1.43. The third kappa shape index (κ3) is 6.85. The Morgan fingerprint density at radius 3 is 2.43 bits per heavy atom. The van der Waals surface area contributed by atoms with Crippen LogP contribution >= 0.6 is 0 Å². The summed E-state index contributed by atoms with van der Waals surface area (Å²) in [6.45, 7) is 4.81. The standard InChI is InChI=1S/C24H32O6/c1-23(2,29)15-13-19-18(20(25)16-21(19)26)12-8-5-9-14-24(3,22(27)28)30-17-10-6-4-7-11-17/h4,6-11,13,15,18-21,25-26,29H,12,14,16H2,1-3H3,(H,27,28)/t5?,18-,19-,20+,21-,24?/m1/s1/i25+0,26+0,29+0. The average Bonchev–Trinajstić information content (AvgIpc) is 2.92. The normalized spacial score (nSPS) is 26.1. The van der Waals surface area contributed by atoms with Gasteiger partial charge in [0.05, 0.1) is 17.8 Å². The number of benzene rings is 1. The van der Waals surface area contributed by atoms with E-state index in [1.807, 2.05) is 6.07 Å². The number of hydrogen-bond acceptors (Lipinski definition) is 5. The van der Waals surface area contributed by atoms with E-state index in [9.17, 15) is 25.2 Å². The molecule has 1 saturated carbocycles. The van der Waals surface area contributed by atoms with Crippen LogP contribution < -0.4 is 4.74 Å². The Morgan fingerprint density at radius 1 is 1.17 bits per heavy atom. The van der Waals surface area contributed by atoms with Crippen LogP contribution in [-0.2, 0) is 4.79 Å². The van der Waals surface area contributed by atoms with E-state index in [-0.39, 0.29) is 24.7 Å². The summed E-state index contributed by atoms with van der Waals surface area (Å²) < 4.78 is 5.66. The summed E-state index contributed by atoms with van der Waals surface area (Å²) in [5, 5.41) is 39.9. The van der Waals surface area contributed by atoms with Gasteiger partial charge in [-0.05, 0) is 57.4 Å². The SMILES string of the molecule is CC(C)([16OH])C=C[C@@H]1[C@@H](CC=C=CCC(C)(Oc2ccccc2)C(=O)O)[C@@H]([16OH])C[C@H]1[16OH]. The third-order valence-corrected chi connectivity index (χ3v) is 5.30. The minimum Gasteiger partial charge on any atom is -0.478 e. The Hall–Kier alpha value is -2.37. The van der Waals surface area contributed by atoms with E-state index in [0.29, 0.717) is 12.2 Å². The van der Waals surface area contributed by atoms with Crippen LogP contribution in [0.1, 0.15) is 40.0 Å². The van der Waals surface area contributed by atoms with Crippen molar-refractivity contribution < 1.29 is 30.0 Å². The van der Waals surface area contributed by atoms with E-state index in [1.54, 1.807) is 62.4 Å². The second-order valence-electron chi connectivity index (χ2n) is 8.59. The quantitative estimate of drug-likeness (QED) is 0.364. The van der Waals surface area contributed by atoms with Gasteiger partial charge in [0.1, 0.15) is 5.75 Å². The molecule has 0 aromatic heterocycles. The fourth-order valence-electron chi connectivity index (χ4n) is 3.52. The predicted octanol–water partition coefficient (Wildman–Crippen LogP) is 3.09. The molecule has 0 amide bonds. The largest absolute Gasteiger partial charge is 0.478 e. The molecule has 1 unspecified atom stereocenters. The molecule has 164 valence electrons. The lowest BCUT2D eigenvalue weighted by Gasteiger charge is -2.24. The van der Waals surface area contributed by atoms with Gasteiger partial charge in [-0.3, -0.25) is 0 Å². The number of carbonyl (C=O) groups is 1. The highest BCUT2D eigenvalue weighted by Gasteiger charge is 2.39. The number of carboxylic acid groups (broad SMARTS) is 1. The summed E-state index contributed by atoms with van der Waals surface area (Å²) >= 11 is 0. The van der Waals surface area contributed by atoms with Gasteiger partial charge < -0.3 is 25.2 Å². The lowest BCUT2D eigenvalue weighted by Crippen LogP contribution is -2.40. The molecule has 1 aromatic carbocycles. The van der Waals surface area contributed by atoms with Crippen LogP contribution in [0.4, 0.5) is 0 Å². The van der Waals surface area contributed by atoms with Gasteiger partial charge in [0.15, 0.2) is 0 Å². The summed E-state index contributed by atoms with van der Waals surface area (Å²) in [6.07, 6.45) is 6.28. The lowest BCUT2D eigenvalue weighted by molar-refractivity contribution is -0.153. The minimum absolute atomic E-state index is 0.117. The molecule has 30 heavy (non-hydrogen) atoms. The van der Waals surface area contributed by atoms with E-state index in [1.165, 1.54) is 6.92 Å². The van der Waals surface area contributed by atoms with Crippen LogP contribution in [0.25, 0.3) is 0 Å². The molecule has 1 aromatic rings. The summed E-state index contributed by atoms with van der Waals surface area (Å²) in [7, 11) is 0. The molecule has 0 radical (unpaired) electrons. The topological polar surface area (TPSA) is 107 Å². The Labute approximate surface area is 177 Å². The first-order chi connectivity index (χ1) is 14.0. The molecule has 0 heterocycles. The average molecular weight is 417 g/mol. The van der Waals surface area contributed by atoms with Crippen molar-refractivity contribution in [2.75, 3.05) is 0 Å². The molecule has 6 nitrogen and oxygen atoms in total. The first-order valence-corrected chi connectivity index (χ1v) is 10.2. The zero-order valence-corrected chi connectivity index (χ0v) is 17.7. The van der Waals surface area contributed by atoms with Crippen LogP contribution in [0.15, 0.2) is 60.4 Å². The van der Waals surface area contributed by atoms with E-state index >= 15 is 0 Å². The number of carboxylic acids is 1. The van der Waals surface area contributed by atoms with Crippen LogP contribution in [-0.4, -0.2) is 49.8 Å². The molecule has 1 aliphatic carbocycles. The van der Waals surface area contributed by atoms with Crippen molar-refractivity contribution in [1.29, 1.82) is 0 Å². The number of hydrogen-bond donors (Lipinski definition) is 4. The van der Waals surface area contributed by atoms with Gasteiger partial charge in [0, 0.05) is 18.8 Å². The molecule has 0 aliphatic heterocycles. The predicted molar refractivity (Wildman–Crippen MR) is 114 cm³/mol. The van der Waals surface area contributed by atoms with Crippen molar-refractivity contribution >= 4 is 5.97 Å². The molecule has 1 fully saturated rings. The molecule has 1 aliphatic rings. The number of ether oxygens (including phenoxy) is 1. The zero-order valence-electron chi connectivity index (χ0n) is 17.7. The Morgan fingerprint density at radius 2 is 1.83 bits per heavy atom. The highest BCUT2D eigenvalue weighted by Crippen LogP contribution is 2.36. The van der Waals surface area contributed by atoms with Gasteiger partial charge >= 0.3 is 5.97 Å². The van der Waals surface area contributed by atoms with Crippen molar-refractivity contribution in [3.63, 3.8) is 0 Å². The van der Waals surface area contributed by atoms with E-state index in [4.69, 9.17) is 4.74 Å². The molecule has 0 saturated heterocycles. The number of aliphatic hydroxyl groups is 3. The van der Waals surface area contributed by atoms with Crippen molar-refractivity contribution in [2.45, 2.75) is 63.4 Å². The first-order valence-electron chi connectivity index (χ1n) is 10.2. The molecular formula is C24H32O6. The molecule has 5 atom stereocenters. The van der Waals surface area contributed by atoms with Crippen LogP contribution in [0.5, 0.6) is 5.75 Å². The summed E-state index contributed by atoms with van der Waals surface area (Å²) in [5.41, 5.74) is 0.558. The Bertz CT molecular complexity index is 788. The van der Waals surface area contributed by atoms with Crippen molar-refractivity contribution in [1.82, 2.24) is 0 Å². The third-order valence-electron chi connectivity index (χ3n) is 5.30. The molecule has 6 heteroatoms. The van der Waals surface area contributed by atoms with Crippen molar-refractivity contribution in [3.05, 3.63) is 60.4 Å². The van der Waals surface area contributed by atoms with Gasteiger partial charge in [-0.25, -0.2) is 4.79 Å². The van der Waals surface area contributed by atoms with Crippen LogP contribution in [0.3, 0.4) is 0 Å². The number of aliphatic carboxylic acids is 1. The Balaban J connectivity index is 2.03. The van der Waals surface area contributed by atoms with Crippen LogP contribution in [0, 0.1) is 11.8 Å². The van der Waals surface area contributed by atoms with Crippen LogP contribution in [0.2, 0.25) is 0 Å².